The Labute approximate surface area is 179 Å². The Morgan fingerprint density at radius 1 is 1.12 bits per heavy atom. The van der Waals surface area contributed by atoms with Crippen LogP contribution in [0.1, 0.15) is 72.1 Å². The van der Waals surface area contributed by atoms with Gasteiger partial charge in [0.25, 0.3) is 0 Å². The van der Waals surface area contributed by atoms with Crippen LogP contribution in [0.25, 0.3) is 0 Å². The summed E-state index contributed by atoms with van der Waals surface area (Å²) < 4.78 is 6.03. The summed E-state index contributed by atoms with van der Waals surface area (Å²) in [5.74, 6) is 0.921. The molecule has 0 heterocycles. The standard InChI is InChI=1S/C20H42N4O.HI/c1-5-21-20(22-14-10-11-16-24(4)18(2)3)23-15-17-25-19-12-8-6-7-9-13-19;/h18-19H,5-17H2,1-4H3,(H2,21,22,23);1H. The molecule has 1 rings (SSSR count). The van der Waals surface area contributed by atoms with E-state index < -0.39 is 0 Å². The van der Waals surface area contributed by atoms with Gasteiger partial charge in [-0.15, -0.1) is 24.0 Å². The number of halogens is 1. The Morgan fingerprint density at radius 3 is 2.42 bits per heavy atom. The summed E-state index contributed by atoms with van der Waals surface area (Å²) in [5, 5.41) is 6.72. The zero-order valence-corrected chi connectivity index (χ0v) is 19.9. The van der Waals surface area contributed by atoms with Gasteiger partial charge in [-0.25, -0.2) is 0 Å². The van der Waals surface area contributed by atoms with Crippen molar-refractivity contribution in [3.8, 4) is 0 Å². The summed E-state index contributed by atoms with van der Waals surface area (Å²) in [6.45, 7) is 11.1. The Kier molecular flexibility index (Phi) is 17.0. The molecule has 0 atom stereocenters. The molecule has 156 valence electrons. The van der Waals surface area contributed by atoms with Crippen LogP contribution < -0.4 is 10.6 Å². The molecule has 1 aliphatic carbocycles. The van der Waals surface area contributed by atoms with Crippen molar-refractivity contribution in [1.82, 2.24) is 15.5 Å². The minimum atomic E-state index is 0. The number of nitrogens with one attached hydrogen (secondary N) is 2. The summed E-state index contributed by atoms with van der Waals surface area (Å²) in [7, 11) is 2.19. The third-order valence-electron chi connectivity index (χ3n) is 4.96. The Hall–Kier alpha value is -0.0800. The molecular formula is C20H43IN4O. The molecule has 0 aromatic carbocycles. The number of hydrogen-bond donors (Lipinski definition) is 2. The maximum Gasteiger partial charge on any atom is 0.191 e. The van der Waals surface area contributed by atoms with Crippen molar-refractivity contribution in [2.45, 2.75) is 84.3 Å². The highest BCUT2D eigenvalue weighted by Gasteiger charge is 2.12. The van der Waals surface area contributed by atoms with Crippen LogP contribution in [0.3, 0.4) is 0 Å². The molecule has 1 aliphatic rings. The van der Waals surface area contributed by atoms with E-state index in [9.17, 15) is 0 Å². The molecule has 0 unspecified atom stereocenters. The molecule has 0 aromatic rings. The van der Waals surface area contributed by atoms with Gasteiger partial charge in [0.1, 0.15) is 0 Å². The quantitative estimate of drug-likeness (QED) is 0.154. The van der Waals surface area contributed by atoms with Gasteiger partial charge < -0.3 is 20.3 Å². The fourth-order valence-electron chi connectivity index (χ4n) is 3.07. The van der Waals surface area contributed by atoms with E-state index in [1.54, 1.807) is 0 Å². The van der Waals surface area contributed by atoms with Gasteiger partial charge in [0.2, 0.25) is 0 Å². The van der Waals surface area contributed by atoms with Crippen LogP contribution in [0.4, 0.5) is 0 Å². The fourth-order valence-corrected chi connectivity index (χ4v) is 3.07. The molecule has 5 nitrogen and oxygen atoms in total. The molecule has 0 aliphatic heterocycles. The van der Waals surface area contributed by atoms with E-state index in [2.05, 4.69) is 48.3 Å². The molecule has 0 spiro atoms. The minimum absolute atomic E-state index is 0. The van der Waals surface area contributed by atoms with Crippen molar-refractivity contribution in [2.24, 2.45) is 4.99 Å². The first-order valence-electron chi connectivity index (χ1n) is 10.5. The first kappa shape index (κ1) is 25.9. The molecule has 2 N–H and O–H groups in total. The van der Waals surface area contributed by atoms with Gasteiger partial charge in [-0.3, -0.25) is 4.99 Å². The normalized spacial score (nSPS) is 16.5. The first-order chi connectivity index (χ1) is 12.1. The average molecular weight is 482 g/mol. The molecule has 0 saturated heterocycles. The minimum Gasteiger partial charge on any atom is -0.376 e. The number of hydrogen-bond acceptors (Lipinski definition) is 3. The summed E-state index contributed by atoms with van der Waals surface area (Å²) in [6.07, 6.45) is 10.7. The van der Waals surface area contributed by atoms with Crippen LogP contribution in [0.2, 0.25) is 0 Å². The van der Waals surface area contributed by atoms with Crippen molar-refractivity contribution in [3.63, 3.8) is 0 Å². The van der Waals surface area contributed by atoms with Crippen molar-refractivity contribution in [1.29, 1.82) is 0 Å². The number of rotatable bonds is 11. The van der Waals surface area contributed by atoms with Gasteiger partial charge in [0.05, 0.1) is 12.7 Å². The number of guanidine groups is 1. The highest BCUT2D eigenvalue weighted by atomic mass is 127. The molecular weight excluding hydrogens is 439 g/mol. The number of unbranched alkanes of at least 4 members (excludes halogenated alkanes) is 1. The van der Waals surface area contributed by atoms with Gasteiger partial charge in [0, 0.05) is 25.7 Å². The number of nitrogens with zero attached hydrogens (tertiary/aromatic N) is 2. The van der Waals surface area contributed by atoms with Gasteiger partial charge in [-0.1, -0.05) is 25.7 Å². The maximum absolute atomic E-state index is 6.03. The van der Waals surface area contributed by atoms with E-state index in [0.717, 1.165) is 45.2 Å². The molecule has 0 radical (unpaired) electrons. The number of aliphatic imine (C=N–C) groups is 1. The summed E-state index contributed by atoms with van der Waals surface area (Å²) in [6, 6.07) is 0.621. The molecule has 1 fully saturated rings. The van der Waals surface area contributed by atoms with Crippen molar-refractivity contribution < 1.29 is 4.74 Å². The largest absolute Gasteiger partial charge is 0.376 e. The van der Waals surface area contributed by atoms with E-state index in [1.165, 1.54) is 44.9 Å². The second kappa shape index (κ2) is 17.0. The lowest BCUT2D eigenvalue weighted by Crippen LogP contribution is -2.39. The third kappa shape index (κ3) is 13.1. The Balaban J connectivity index is 0.00000625. The van der Waals surface area contributed by atoms with Gasteiger partial charge in [0.15, 0.2) is 5.96 Å². The third-order valence-corrected chi connectivity index (χ3v) is 4.96. The molecule has 0 amide bonds. The summed E-state index contributed by atoms with van der Waals surface area (Å²) in [4.78, 5) is 7.06. The molecule has 1 saturated carbocycles. The van der Waals surface area contributed by atoms with E-state index in [-0.39, 0.29) is 24.0 Å². The molecule has 0 bridgehead atoms. The van der Waals surface area contributed by atoms with Crippen LogP contribution in [-0.4, -0.2) is 62.8 Å². The van der Waals surface area contributed by atoms with Crippen molar-refractivity contribution >= 4 is 29.9 Å². The second-order valence-corrected chi connectivity index (χ2v) is 7.45. The van der Waals surface area contributed by atoms with Crippen LogP contribution in [0.5, 0.6) is 0 Å². The van der Waals surface area contributed by atoms with E-state index in [0.29, 0.717) is 12.1 Å². The zero-order chi connectivity index (χ0) is 18.3. The molecule has 26 heavy (non-hydrogen) atoms. The van der Waals surface area contributed by atoms with E-state index in [4.69, 9.17) is 4.74 Å². The summed E-state index contributed by atoms with van der Waals surface area (Å²) in [5.41, 5.74) is 0. The predicted octanol–water partition coefficient (Wildman–Crippen LogP) is 4.02. The second-order valence-electron chi connectivity index (χ2n) is 7.45. The number of ether oxygens (including phenoxy) is 1. The predicted molar refractivity (Wildman–Crippen MR) is 124 cm³/mol. The highest BCUT2D eigenvalue weighted by molar-refractivity contribution is 14.0. The van der Waals surface area contributed by atoms with Crippen LogP contribution in [-0.2, 0) is 4.74 Å². The Morgan fingerprint density at radius 2 is 1.81 bits per heavy atom. The van der Waals surface area contributed by atoms with Crippen LogP contribution in [0.15, 0.2) is 4.99 Å². The average Bonchev–Trinajstić information content (AvgIpc) is 2.86. The van der Waals surface area contributed by atoms with Crippen LogP contribution in [0, 0.1) is 0 Å². The lowest BCUT2D eigenvalue weighted by Gasteiger charge is -2.20. The lowest BCUT2D eigenvalue weighted by molar-refractivity contribution is 0.0468. The highest BCUT2D eigenvalue weighted by Crippen LogP contribution is 2.19. The fraction of sp³-hybridized carbons (Fsp3) is 0.950. The summed E-state index contributed by atoms with van der Waals surface area (Å²) >= 11 is 0. The van der Waals surface area contributed by atoms with E-state index in [1.807, 2.05) is 0 Å². The first-order valence-corrected chi connectivity index (χ1v) is 10.5. The van der Waals surface area contributed by atoms with Crippen molar-refractivity contribution in [2.75, 3.05) is 39.8 Å². The van der Waals surface area contributed by atoms with Gasteiger partial charge >= 0.3 is 0 Å². The zero-order valence-electron chi connectivity index (χ0n) is 17.6. The SMILES string of the molecule is CCNC(=NCCCCN(C)C(C)C)NCCOC1CCCCCC1.I. The smallest absolute Gasteiger partial charge is 0.191 e. The van der Waals surface area contributed by atoms with Gasteiger partial charge in [-0.2, -0.15) is 0 Å². The molecule has 0 aromatic heterocycles. The van der Waals surface area contributed by atoms with E-state index >= 15 is 0 Å². The monoisotopic (exact) mass is 482 g/mol. The lowest BCUT2D eigenvalue weighted by atomic mass is 10.1. The molecule has 6 heteroatoms. The maximum atomic E-state index is 6.03. The Bertz CT molecular complexity index is 345. The van der Waals surface area contributed by atoms with Crippen molar-refractivity contribution in [3.05, 3.63) is 0 Å². The van der Waals surface area contributed by atoms with Gasteiger partial charge in [-0.05, 0) is 60.0 Å². The van der Waals surface area contributed by atoms with Crippen LogP contribution >= 0.6 is 24.0 Å². The topological polar surface area (TPSA) is 48.9 Å².